The van der Waals surface area contributed by atoms with Crippen molar-refractivity contribution in [3.8, 4) is 0 Å². The van der Waals surface area contributed by atoms with Gasteiger partial charge in [-0.2, -0.15) is 0 Å². The van der Waals surface area contributed by atoms with E-state index in [-0.39, 0.29) is 0 Å². The summed E-state index contributed by atoms with van der Waals surface area (Å²) in [5.74, 6) is 0.880. The van der Waals surface area contributed by atoms with Crippen LogP contribution in [0.5, 0.6) is 0 Å². The van der Waals surface area contributed by atoms with Crippen molar-refractivity contribution in [1.29, 1.82) is 0 Å². The molecule has 2 heteroatoms. The maximum atomic E-state index is 3.94. The molecule has 0 aromatic carbocycles. The van der Waals surface area contributed by atoms with Crippen LogP contribution in [0.25, 0.3) is 0 Å². The van der Waals surface area contributed by atoms with Crippen LogP contribution in [0.1, 0.15) is 56.9 Å². The van der Waals surface area contributed by atoms with E-state index in [2.05, 4.69) is 36.7 Å². The molecule has 1 nitrogen and oxygen atoms in total. The average Bonchev–Trinajstić information content (AvgIpc) is 2.83. The number of hydrogen-bond donors (Lipinski definition) is 1. The summed E-state index contributed by atoms with van der Waals surface area (Å²) in [6, 6.07) is 5.89. The van der Waals surface area contributed by atoms with Crippen molar-refractivity contribution in [3.63, 3.8) is 0 Å². The molecule has 2 saturated carbocycles. The van der Waals surface area contributed by atoms with Gasteiger partial charge in [0.1, 0.15) is 0 Å². The zero-order valence-corrected chi connectivity index (χ0v) is 11.7. The Morgan fingerprint density at radius 1 is 1.35 bits per heavy atom. The highest BCUT2D eigenvalue weighted by molar-refractivity contribution is 7.10. The van der Waals surface area contributed by atoms with Crippen LogP contribution in [0.4, 0.5) is 0 Å². The predicted octanol–water partition coefficient (Wildman–Crippen LogP) is 4.37. The quantitative estimate of drug-likeness (QED) is 0.835. The molecule has 3 rings (SSSR count). The van der Waals surface area contributed by atoms with Crippen LogP contribution in [-0.2, 0) is 0 Å². The molecule has 0 aliphatic heterocycles. The Balaban J connectivity index is 1.72. The Hall–Kier alpha value is -0.340. The molecule has 2 unspecified atom stereocenters. The summed E-state index contributed by atoms with van der Waals surface area (Å²) in [7, 11) is 0. The van der Waals surface area contributed by atoms with E-state index in [1.54, 1.807) is 4.88 Å². The van der Waals surface area contributed by atoms with Crippen LogP contribution in [0.15, 0.2) is 17.5 Å². The fraction of sp³-hybridized carbons (Fsp3) is 0.733. The zero-order chi connectivity index (χ0) is 11.9. The Labute approximate surface area is 109 Å². The van der Waals surface area contributed by atoms with Gasteiger partial charge < -0.3 is 5.32 Å². The van der Waals surface area contributed by atoms with E-state index in [1.165, 1.54) is 32.1 Å². The Morgan fingerprint density at radius 3 is 2.59 bits per heavy atom. The monoisotopic (exact) mass is 249 g/mol. The maximum absolute atomic E-state index is 3.94. The van der Waals surface area contributed by atoms with Gasteiger partial charge in [-0.3, -0.25) is 0 Å². The molecule has 0 amide bonds. The zero-order valence-electron chi connectivity index (χ0n) is 10.9. The average molecular weight is 249 g/mol. The molecule has 2 aliphatic carbocycles. The van der Waals surface area contributed by atoms with E-state index >= 15 is 0 Å². The van der Waals surface area contributed by atoms with Crippen LogP contribution in [0.2, 0.25) is 0 Å². The largest absolute Gasteiger partial charge is 0.306 e. The van der Waals surface area contributed by atoms with Gasteiger partial charge in [-0.25, -0.2) is 0 Å². The smallest absolute Gasteiger partial charge is 0.0445 e. The van der Waals surface area contributed by atoms with Crippen molar-refractivity contribution in [2.45, 2.75) is 58.0 Å². The molecule has 0 radical (unpaired) electrons. The molecular weight excluding hydrogens is 226 g/mol. The van der Waals surface area contributed by atoms with Crippen molar-refractivity contribution in [2.24, 2.45) is 11.3 Å². The Kier molecular flexibility index (Phi) is 3.04. The van der Waals surface area contributed by atoms with E-state index in [1.807, 2.05) is 11.3 Å². The van der Waals surface area contributed by atoms with Gasteiger partial charge in [-0.1, -0.05) is 32.8 Å². The lowest BCUT2D eigenvalue weighted by atomic mass is 9.96. The second-order valence-corrected chi connectivity index (χ2v) is 7.43. The topological polar surface area (TPSA) is 12.0 Å². The lowest BCUT2D eigenvalue weighted by Crippen LogP contribution is -2.30. The first-order chi connectivity index (χ1) is 8.17. The van der Waals surface area contributed by atoms with Gasteiger partial charge in [0, 0.05) is 17.0 Å². The summed E-state index contributed by atoms with van der Waals surface area (Å²) in [6.45, 7) is 4.76. The van der Waals surface area contributed by atoms with Gasteiger partial charge in [0.25, 0.3) is 0 Å². The fourth-order valence-corrected chi connectivity index (χ4v) is 4.06. The van der Waals surface area contributed by atoms with Crippen LogP contribution >= 0.6 is 11.3 Å². The third-order valence-electron chi connectivity index (χ3n) is 4.62. The fourth-order valence-electron chi connectivity index (χ4n) is 3.18. The van der Waals surface area contributed by atoms with Crippen molar-refractivity contribution < 1.29 is 0 Å². The molecule has 2 aliphatic rings. The first-order valence-corrected chi connectivity index (χ1v) is 7.84. The summed E-state index contributed by atoms with van der Waals surface area (Å²) in [4.78, 5) is 1.56. The number of nitrogens with one attached hydrogen (secondary N) is 1. The Bertz CT molecular complexity index is 362. The normalized spacial score (nSPS) is 29.4. The highest BCUT2D eigenvalue weighted by Crippen LogP contribution is 2.48. The second-order valence-electron chi connectivity index (χ2n) is 6.45. The van der Waals surface area contributed by atoms with E-state index in [0.29, 0.717) is 11.5 Å². The van der Waals surface area contributed by atoms with Gasteiger partial charge in [0.15, 0.2) is 0 Å². The molecule has 1 heterocycles. The summed E-state index contributed by atoms with van der Waals surface area (Å²) < 4.78 is 0. The van der Waals surface area contributed by atoms with Crippen LogP contribution < -0.4 is 5.32 Å². The predicted molar refractivity (Wildman–Crippen MR) is 74.3 cm³/mol. The van der Waals surface area contributed by atoms with Crippen molar-refractivity contribution in [1.82, 2.24) is 5.32 Å². The Morgan fingerprint density at radius 2 is 2.06 bits per heavy atom. The summed E-state index contributed by atoms with van der Waals surface area (Å²) >= 11 is 1.93. The molecule has 2 fully saturated rings. The molecule has 0 saturated heterocycles. The van der Waals surface area contributed by atoms with Gasteiger partial charge >= 0.3 is 0 Å². The van der Waals surface area contributed by atoms with Gasteiger partial charge in [0.05, 0.1) is 0 Å². The molecule has 0 bridgehead atoms. The van der Waals surface area contributed by atoms with Crippen molar-refractivity contribution in [2.75, 3.05) is 0 Å². The van der Waals surface area contributed by atoms with Crippen LogP contribution in [0, 0.1) is 11.3 Å². The summed E-state index contributed by atoms with van der Waals surface area (Å²) in [5.41, 5.74) is 0.536. The minimum absolute atomic E-state index is 0.536. The lowest BCUT2D eigenvalue weighted by molar-refractivity contribution is 0.352. The third kappa shape index (κ3) is 2.43. The van der Waals surface area contributed by atoms with Crippen LogP contribution in [-0.4, -0.2) is 6.04 Å². The molecule has 94 valence electrons. The molecular formula is C15H23NS. The maximum Gasteiger partial charge on any atom is 0.0445 e. The minimum atomic E-state index is 0.536. The van der Waals surface area contributed by atoms with Gasteiger partial charge in [-0.05, 0) is 42.0 Å². The third-order valence-corrected chi connectivity index (χ3v) is 5.57. The standard InChI is InChI=1S/C15H23NS/c1-15(2)10-13(15)16-14(11-6-3-4-7-11)12-8-5-9-17-12/h5,8-9,11,13-14,16H,3-4,6-7,10H2,1-2H3. The summed E-state index contributed by atoms with van der Waals surface area (Å²) in [5, 5.41) is 6.16. The van der Waals surface area contributed by atoms with Gasteiger partial charge in [-0.15, -0.1) is 11.3 Å². The molecule has 1 aromatic heterocycles. The van der Waals surface area contributed by atoms with Crippen molar-refractivity contribution in [3.05, 3.63) is 22.4 Å². The number of rotatable bonds is 4. The second kappa shape index (κ2) is 4.40. The highest BCUT2D eigenvalue weighted by atomic mass is 32.1. The lowest BCUT2D eigenvalue weighted by Gasteiger charge is -2.24. The van der Waals surface area contributed by atoms with E-state index in [9.17, 15) is 0 Å². The highest BCUT2D eigenvalue weighted by Gasteiger charge is 2.47. The van der Waals surface area contributed by atoms with Crippen LogP contribution in [0.3, 0.4) is 0 Å². The van der Waals surface area contributed by atoms with E-state index < -0.39 is 0 Å². The van der Waals surface area contributed by atoms with E-state index in [0.717, 1.165) is 12.0 Å². The molecule has 1 N–H and O–H groups in total. The number of hydrogen-bond acceptors (Lipinski definition) is 2. The van der Waals surface area contributed by atoms with E-state index in [4.69, 9.17) is 0 Å². The molecule has 0 spiro atoms. The molecule has 17 heavy (non-hydrogen) atoms. The first kappa shape index (κ1) is 11.7. The summed E-state index contributed by atoms with van der Waals surface area (Å²) in [6.07, 6.45) is 7.05. The number of thiophene rings is 1. The SMILES string of the molecule is CC1(C)CC1NC(c1cccs1)C1CCCC1. The molecule has 1 aromatic rings. The van der Waals surface area contributed by atoms with Crippen molar-refractivity contribution >= 4 is 11.3 Å². The first-order valence-electron chi connectivity index (χ1n) is 6.96. The molecule has 2 atom stereocenters. The van der Waals surface area contributed by atoms with Gasteiger partial charge in [0.2, 0.25) is 0 Å². The minimum Gasteiger partial charge on any atom is -0.306 e.